The maximum atomic E-state index is 11.3. The van der Waals surface area contributed by atoms with Gasteiger partial charge in [0.05, 0.1) is 23.4 Å². The van der Waals surface area contributed by atoms with Gasteiger partial charge in [-0.15, -0.1) is 5.10 Å². The first-order valence-electron chi connectivity index (χ1n) is 6.03. The number of benzene rings is 2. The van der Waals surface area contributed by atoms with E-state index < -0.39 is 5.97 Å². The zero-order chi connectivity index (χ0) is 15.0. The number of aromatic nitrogens is 3. The molecule has 2 aromatic carbocycles. The number of carboxylic acid groups (broad SMARTS) is 1. The second kappa shape index (κ2) is 5.06. The Labute approximate surface area is 124 Å². The third kappa shape index (κ3) is 2.19. The van der Waals surface area contributed by atoms with Crippen molar-refractivity contribution >= 4 is 28.6 Å². The minimum atomic E-state index is -1.04. The molecule has 0 spiro atoms. The summed E-state index contributed by atoms with van der Waals surface area (Å²) in [6.07, 6.45) is 0. The number of hydrogen-bond acceptors (Lipinski definition) is 4. The van der Waals surface area contributed by atoms with Crippen LogP contribution in [0.2, 0.25) is 5.02 Å². The Balaban J connectivity index is 2.26. The molecular formula is C14H10ClN3O3. The first-order valence-corrected chi connectivity index (χ1v) is 6.41. The van der Waals surface area contributed by atoms with Crippen molar-refractivity contribution in [1.29, 1.82) is 0 Å². The molecule has 0 atom stereocenters. The van der Waals surface area contributed by atoms with Crippen molar-refractivity contribution in [2.75, 3.05) is 7.11 Å². The van der Waals surface area contributed by atoms with Gasteiger partial charge in [0.15, 0.2) is 0 Å². The van der Waals surface area contributed by atoms with E-state index in [1.807, 2.05) is 0 Å². The molecule has 106 valence electrons. The van der Waals surface area contributed by atoms with Crippen LogP contribution in [0.25, 0.3) is 16.7 Å². The quantitative estimate of drug-likeness (QED) is 0.805. The Kier molecular flexibility index (Phi) is 3.23. The predicted molar refractivity (Wildman–Crippen MR) is 77.4 cm³/mol. The maximum Gasteiger partial charge on any atom is 0.337 e. The van der Waals surface area contributed by atoms with Crippen molar-refractivity contribution in [2.45, 2.75) is 0 Å². The molecule has 0 bridgehead atoms. The monoisotopic (exact) mass is 303 g/mol. The van der Waals surface area contributed by atoms with E-state index in [9.17, 15) is 9.90 Å². The molecule has 0 saturated carbocycles. The molecular weight excluding hydrogens is 294 g/mol. The number of hydrogen-bond donors (Lipinski definition) is 1. The van der Waals surface area contributed by atoms with Gasteiger partial charge in [-0.05, 0) is 30.3 Å². The molecule has 3 rings (SSSR count). The van der Waals surface area contributed by atoms with Crippen molar-refractivity contribution in [3.8, 4) is 11.4 Å². The highest BCUT2D eigenvalue weighted by atomic mass is 35.5. The highest BCUT2D eigenvalue weighted by molar-refractivity contribution is 6.32. The number of para-hydroxylation sites is 1. The summed E-state index contributed by atoms with van der Waals surface area (Å²) in [5.74, 6) is -0.507. The van der Waals surface area contributed by atoms with E-state index in [1.165, 1.54) is 17.9 Å². The van der Waals surface area contributed by atoms with Crippen LogP contribution in [0.3, 0.4) is 0 Å². The van der Waals surface area contributed by atoms with Crippen molar-refractivity contribution in [3.63, 3.8) is 0 Å². The van der Waals surface area contributed by atoms with Crippen molar-refractivity contribution in [2.24, 2.45) is 0 Å². The maximum absolute atomic E-state index is 11.3. The number of rotatable bonds is 3. The Morgan fingerprint density at radius 3 is 2.81 bits per heavy atom. The van der Waals surface area contributed by atoms with Crippen LogP contribution in [-0.2, 0) is 0 Å². The number of halogens is 1. The lowest BCUT2D eigenvalue weighted by Crippen LogP contribution is -2.03. The number of methoxy groups -OCH3 is 1. The summed E-state index contributed by atoms with van der Waals surface area (Å²) < 4.78 is 6.54. The fourth-order valence-electron chi connectivity index (χ4n) is 2.11. The molecule has 6 nitrogen and oxygen atoms in total. The lowest BCUT2D eigenvalue weighted by molar-refractivity contribution is 0.0698. The molecule has 0 amide bonds. The molecule has 0 unspecified atom stereocenters. The molecule has 0 aliphatic heterocycles. The Morgan fingerprint density at radius 2 is 2.14 bits per heavy atom. The minimum absolute atomic E-state index is 0.129. The van der Waals surface area contributed by atoms with Gasteiger partial charge in [-0.3, -0.25) is 0 Å². The number of fused-ring (bicyclic) bond motifs is 1. The van der Waals surface area contributed by atoms with Crippen LogP contribution >= 0.6 is 11.6 Å². The van der Waals surface area contributed by atoms with Crippen LogP contribution in [0, 0.1) is 0 Å². The van der Waals surface area contributed by atoms with Gasteiger partial charge >= 0.3 is 5.97 Å². The average Bonchev–Trinajstić information content (AvgIpc) is 2.90. The van der Waals surface area contributed by atoms with E-state index >= 15 is 0 Å². The molecule has 3 aromatic rings. The lowest BCUT2D eigenvalue weighted by Gasteiger charge is -2.07. The summed E-state index contributed by atoms with van der Waals surface area (Å²) in [6, 6.07) is 9.91. The molecule has 1 heterocycles. The van der Waals surface area contributed by atoms with E-state index in [1.54, 1.807) is 30.3 Å². The normalized spacial score (nSPS) is 10.8. The summed E-state index contributed by atoms with van der Waals surface area (Å²) >= 11 is 6.10. The van der Waals surface area contributed by atoms with Gasteiger partial charge in [0.2, 0.25) is 0 Å². The van der Waals surface area contributed by atoms with Gasteiger partial charge in [0, 0.05) is 0 Å². The van der Waals surface area contributed by atoms with Gasteiger partial charge in [-0.1, -0.05) is 22.9 Å². The predicted octanol–water partition coefficient (Wildman–Crippen LogP) is 2.78. The van der Waals surface area contributed by atoms with Crippen LogP contribution < -0.4 is 4.74 Å². The largest absolute Gasteiger partial charge is 0.495 e. The van der Waals surface area contributed by atoms with E-state index in [-0.39, 0.29) is 5.56 Å². The summed E-state index contributed by atoms with van der Waals surface area (Å²) in [5.41, 5.74) is 1.66. The van der Waals surface area contributed by atoms with Crippen molar-refractivity contribution in [3.05, 3.63) is 47.0 Å². The second-order valence-electron chi connectivity index (χ2n) is 4.30. The molecule has 0 saturated heterocycles. The van der Waals surface area contributed by atoms with Crippen LogP contribution in [0.4, 0.5) is 0 Å². The molecule has 0 fully saturated rings. The number of carbonyl (C=O) groups is 1. The molecule has 21 heavy (non-hydrogen) atoms. The lowest BCUT2D eigenvalue weighted by atomic mass is 10.2. The summed E-state index contributed by atoms with van der Waals surface area (Å²) in [5, 5.41) is 17.7. The van der Waals surface area contributed by atoms with Gasteiger partial charge in [0.1, 0.15) is 16.8 Å². The van der Waals surface area contributed by atoms with Gasteiger partial charge in [-0.2, -0.15) is 0 Å². The first-order chi connectivity index (χ1) is 10.1. The molecule has 0 aliphatic carbocycles. The SMILES string of the molecule is COc1ccc(-n2nnc3cccc(C(=O)O)c32)cc1Cl. The van der Waals surface area contributed by atoms with Gasteiger partial charge < -0.3 is 9.84 Å². The summed E-state index contributed by atoms with van der Waals surface area (Å²) in [6.45, 7) is 0. The van der Waals surface area contributed by atoms with Crippen LogP contribution in [0.5, 0.6) is 5.75 Å². The fraction of sp³-hybridized carbons (Fsp3) is 0.0714. The molecule has 1 aromatic heterocycles. The number of aromatic carboxylic acids is 1. The van der Waals surface area contributed by atoms with E-state index in [0.717, 1.165) is 0 Å². The van der Waals surface area contributed by atoms with E-state index in [2.05, 4.69) is 10.3 Å². The standard InChI is InChI=1S/C14H10ClN3O3/c1-21-12-6-5-8(7-10(12)15)18-13-9(14(19)20)3-2-4-11(13)16-17-18/h2-7H,1H3,(H,19,20). The number of nitrogens with zero attached hydrogens (tertiary/aromatic N) is 3. The number of carboxylic acids is 1. The molecule has 1 N–H and O–H groups in total. The highest BCUT2D eigenvalue weighted by Crippen LogP contribution is 2.28. The molecule has 7 heteroatoms. The second-order valence-corrected chi connectivity index (χ2v) is 4.71. The topological polar surface area (TPSA) is 77.2 Å². The van der Waals surface area contributed by atoms with Crippen molar-refractivity contribution < 1.29 is 14.6 Å². The highest BCUT2D eigenvalue weighted by Gasteiger charge is 2.16. The minimum Gasteiger partial charge on any atom is -0.495 e. The zero-order valence-corrected chi connectivity index (χ0v) is 11.7. The fourth-order valence-corrected chi connectivity index (χ4v) is 2.36. The van der Waals surface area contributed by atoms with Crippen molar-refractivity contribution in [1.82, 2.24) is 15.0 Å². The van der Waals surface area contributed by atoms with Gasteiger partial charge in [0.25, 0.3) is 0 Å². The van der Waals surface area contributed by atoms with E-state index in [4.69, 9.17) is 16.3 Å². The van der Waals surface area contributed by atoms with Crippen LogP contribution in [0.15, 0.2) is 36.4 Å². The first kappa shape index (κ1) is 13.4. The number of ether oxygens (including phenoxy) is 1. The van der Waals surface area contributed by atoms with Crippen LogP contribution in [-0.4, -0.2) is 33.2 Å². The van der Waals surface area contributed by atoms with Crippen LogP contribution in [0.1, 0.15) is 10.4 Å². The summed E-state index contributed by atoms with van der Waals surface area (Å²) in [4.78, 5) is 11.3. The Hall–Kier alpha value is -2.60. The Bertz CT molecular complexity index is 845. The smallest absolute Gasteiger partial charge is 0.337 e. The molecule has 0 aliphatic rings. The van der Waals surface area contributed by atoms with Gasteiger partial charge in [-0.25, -0.2) is 9.48 Å². The van der Waals surface area contributed by atoms with E-state index in [0.29, 0.717) is 27.5 Å². The molecule has 0 radical (unpaired) electrons. The summed E-state index contributed by atoms with van der Waals surface area (Å²) in [7, 11) is 1.52. The third-order valence-electron chi connectivity index (χ3n) is 3.08. The zero-order valence-electron chi connectivity index (χ0n) is 10.9. The average molecular weight is 304 g/mol. The Morgan fingerprint density at radius 1 is 1.33 bits per heavy atom. The third-order valence-corrected chi connectivity index (χ3v) is 3.37.